The lowest BCUT2D eigenvalue weighted by Crippen LogP contribution is -2.39. The van der Waals surface area contributed by atoms with Crippen LogP contribution in [0.2, 0.25) is 0 Å². The van der Waals surface area contributed by atoms with Gasteiger partial charge in [0.15, 0.2) is 5.69 Å². The molecule has 2 aromatic carbocycles. The van der Waals surface area contributed by atoms with E-state index >= 15 is 0 Å². The van der Waals surface area contributed by atoms with Gasteiger partial charge < -0.3 is 25.6 Å². The average molecular weight is 653 g/mol. The molecule has 1 aromatic heterocycles. The highest BCUT2D eigenvalue weighted by Gasteiger charge is 2.22. The predicted octanol–water partition coefficient (Wildman–Crippen LogP) is 4.91. The van der Waals surface area contributed by atoms with E-state index in [2.05, 4.69) is 34.5 Å². The summed E-state index contributed by atoms with van der Waals surface area (Å²) in [6.45, 7) is 0.554. The maximum absolute atomic E-state index is 12.7. The average Bonchev–Trinajstić information content (AvgIpc) is 3.55. The van der Waals surface area contributed by atoms with E-state index in [1.54, 1.807) is 12.2 Å². The Labute approximate surface area is 282 Å². The predicted molar refractivity (Wildman–Crippen MR) is 186 cm³/mol. The van der Waals surface area contributed by atoms with Gasteiger partial charge in [0, 0.05) is 18.7 Å². The summed E-state index contributed by atoms with van der Waals surface area (Å²) in [5, 5.41) is 27.4. The molecule has 1 aliphatic carbocycles. The number of aliphatic hydroxyl groups excluding tert-OH is 1. The lowest BCUT2D eigenvalue weighted by molar-refractivity contribution is -0.122. The first kappa shape index (κ1) is 38.8. The van der Waals surface area contributed by atoms with Crippen molar-refractivity contribution in [3.63, 3.8) is 0 Å². The van der Waals surface area contributed by atoms with Gasteiger partial charge in [0.25, 0.3) is 5.91 Å². The first-order valence-corrected chi connectivity index (χ1v) is 15.7. The Kier molecular flexibility index (Phi) is 18.6. The number of aliphatic hydroxyl groups is 1. The lowest BCUT2D eigenvalue weighted by Gasteiger charge is -2.22. The number of carboxylic acids is 1. The SMILES string of the molecule is C#C.C#CC(/C=C\C/C=C\CNC(=O)c1cc(C(=O)O)nn1CC(=O)NC1CCCCC1)OCc1ccccc1.OCc1ccccc1. The molecule has 0 aliphatic heterocycles. The van der Waals surface area contributed by atoms with Crippen molar-refractivity contribution in [3.05, 3.63) is 114 Å². The highest BCUT2D eigenvalue weighted by atomic mass is 16.5. The molecule has 1 unspecified atom stereocenters. The summed E-state index contributed by atoms with van der Waals surface area (Å²) in [4.78, 5) is 36.6. The van der Waals surface area contributed by atoms with E-state index in [4.69, 9.17) is 16.3 Å². The molecule has 0 spiro atoms. The van der Waals surface area contributed by atoms with Crippen LogP contribution in [0.3, 0.4) is 0 Å². The molecular formula is C38H44N4O6. The van der Waals surface area contributed by atoms with Crippen LogP contribution in [0.1, 0.15) is 70.6 Å². The highest BCUT2D eigenvalue weighted by Crippen LogP contribution is 2.17. The number of carbonyl (C=O) groups is 3. The zero-order valence-electron chi connectivity index (χ0n) is 27.0. The molecule has 0 bridgehead atoms. The molecule has 2 amide bonds. The third-order valence-electron chi connectivity index (χ3n) is 7.09. The normalized spacial score (nSPS) is 13.3. The number of nitrogens with one attached hydrogen (secondary N) is 2. The summed E-state index contributed by atoms with van der Waals surface area (Å²) in [6, 6.07) is 20.6. The summed E-state index contributed by atoms with van der Waals surface area (Å²) in [6.07, 6.45) is 26.1. The number of amides is 2. The van der Waals surface area contributed by atoms with Crippen molar-refractivity contribution in [2.75, 3.05) is 6.54 Å². The van der Waals surface area contributed by atoms with Gasteiger partial charge in [-0.3, -0.25) is 9.59 Å². The van der Waals surface area contributed by atoms with E-state index in [0.717, 1.165) is 47.9 Å². The Balaban J connectivity index is 0.000000690. The Bertz CT molecular complexity index is 1520. The van der Waals surface area contributed by atoms with Gasteiger partial charge in [-0.15, -0.1) is 19.3 Å². The number of allylic oxidation sites excluding steroid dienone is 2. The molecule has 0 saturated heterocycles. The largest absolute Gasteiger partial charge is 0.476 e. The number of carbonyl (C=O) groups excluding carboxylic acids is 2. The molecule has 48 heavy (non-hydrogen) atoms. The van der Waals surface area contributed by atoms with Crippen molar-refractivity contribution >= 4 is 17.8 Å². The van der Waals surface area contributed by atoms with Crippen LogP contribution in [0.15, 0.2) is 91.0 Å². The quantitative estimate of drug-likeness (QED) is 0.143. The number of hydrogen-bond donors (Lipinski definition) is 4. The van der Waals surface area contributed by atoms with E-state index in [9.17, 15) is 19.5 Å². The van der Waals surface area contributed by atoms with Crippen molar-refractivity contribution in [2.45, 2.75) is 70.4 Å². The number of aromatic carboxylic acids is 1. The molecule has 0 radical (unpaired) electrons. The van der Waals surface area contributed by atoms with Gasteiger partial charge in [-0.05, 0) is 36.5 Å². The molecule has 1 fully saturated rings. The third kappa shape index (κ3) is 14.8. The molecular weight excluding hydrogens is 608 g/mol. The van der Waals surface area contributed by atoms with Gasteiger partial charge in [-0.1, -0.05) is 104 Å². The first-order chi connectivity index (χ1) is 23.4. The molecule has 3 aromatic rings. The van der Waals surface area contributed by atoms with Gasteiger partial charge in [0.1, 0.15) is 18.3 Å². The summed E-state index contributed by atoms with van der Waals surface area (Å²) in [5.41, 5.74) is 1.73. The molecule has 4 N–H and O–H groups in total. The van der Waals surface area contributed by atoms with Crippen molar-refractivity contribution in [1.82, 2.24) is 20.4 Å². The van der Waals surface area contributed by atoms with E-state index in [0.29, 0.717) is 13.0 Å². The Morgan fingerprint density at radius 2 is 1.62 bits per heavy atom. The van der Waals surface area contributed by atoms with Crippen LogP contribution < -0.4 is 10.6 Å². The maximum atomic E-state index is 12.7. The van der Waals surface area contributed by atoms with Crippen LogP contribution in [0.25, 0.3) is 0 Å². The van der Waals surface area contributed by atoms with Crippen molar-refractivity contribution in [1.29, 1.82) is 0 Å². The van der Waals surface area contributed by atoms with Gasteiger partial charge in [0.2, 0.25) is 5.91 Å². The van der Waals surface area contributed by atoms with Crippen molar-refractivity contribution < 1.29 is 29.3 Å². The van der Waals surface area contributed by atoms with E-state index < -0.39 is 18.0 Å². The van der Waals surface area contributed by atoms with Gasteiger partial charge >= 0.3 is 5.97 Å². The zero-order chi connectivity index (χ0) is 35.0. The van der Waals surface area contributed by atoms with Crippen LogP contribution in [0.4, 0.5) is 0 Å². The Morgan fingerprint density at radius 1 is 0.979 bits per heavy atom. The Morgan fingerprint density at radius 3 is 2.21 bits per heavy atom. The maximum Gasteiger partial charge on any atom is 0.356 e. The number of carboxylic acid groups (broad SMARTS) is 1. The smallest absolute Gasteiger partial charge is 0.356 e. The first-order valence-electron chi connectivity index (χ1n) is 15.7. The molecule has 1 aliphatic rings. The van der Waals surface area contributed by atoms with Crippen LogP contribution in [0.5, 0.6) is 0 Å². The minimum atomic E-state index is -1.27. The standard InChI is InChI=1S/C29H34N4O5.C7H8O.C2H2/c1-2-24(38-21-22-13-7-5-8-14-22)17-11-3-4-12-18-30-28(35)26-19-25(29(36)37)32-33(26)20-27(34)31-23-15-9-6-10-16-23;8-6-7-4-2-1-3-5-7;1-2/h1,4-5,7-8,11-14,17,19,23-24H,3,6,9-10,15-16,18,20-21H2,(H,30,35)(H,31,34)(H,36,37);1-5,8H,6H2;1-2H/b12-4-,17-11-;;. The molecule has 4 rings (SSSR count). The monoisotopic (exact) mass is 652 g/mol. The zero-order valence-corrected chi connectivity index (χ0v) is 27.0. The highest BCUT2D eigenvalue weighted by molar-refractivity contribution is 5.96. The minimum absolute atomic E-state index is 0.0157. The topological polar surface area (TPSA) is 143 Å². The van der Waals surface area contributed by atoms with Crippen LogP contribution in [-0.4, -0.2) is 56.5 Å². The van der Waals surface area contributed by atoms with Crippen LogP contribution >= 0.6 is 0 Å². The summed E-state index contributed by atoms with van der Waals surface area (Å²) >= 11 is 0. The van der Waals surface area contributed by atoms with Crippen LogP contribution in [-0.2, 0) is 29.3 Å². The third-order valence-corrected chi connectivity index (χ3v) is 7.09. The van der Waals surface area contributed by atoms with Crippen molar-refractivity contribution in [2.24, 2.45) is 0 Å². The fourth-order valence-electron chi connectivity index (χ4n) is 4.69. The second-order valence-corrected chi connectivity index (χ2v) is 10.7. The van der Waals surface area contributed by atoms with Gasteiger partial charge in [-0.25, -0.2) is 9.48 Å². The number of hydrogen-bond acceptors (Lipinski definition) is 6. The number of benzene rings is 2. The second-order valence-electron chi connectivity index (χ2n) is 10.7. The number of ether oxygens (including phenoxy) is 1. The van der Waals surface area contributed by atoms with Crippen molar-refractivity contribution in [3.8, 4) is 25.2 Å². The second kappa shape index (κ2) is 23.0. The molecule has 252 valence electrons. The summed E-state index contributed by atoms with van der Waals surface area (Å²) in [7, 11) is 0. The summed E-state index contributed by atoms with van der Waals surface area (Å²) in [5.74, 6) is 0.510. The molecule has 10 heteroatoms. The van der Waals surface area contributed by atoms with E-state index in [-0.39, 0.29) is 43.0 Å². The fourth-order valence-corrected chi connectivity index (χ4v) is 4.69. The number of rotatable bonds is 14. The van der Waals surface area contributed by atoms with E-state index in [1.165, 1.54) is 6.07 Å². The number of terminal acetylenes is 2. The molecule has 1 heterocycles. The molecule has 10 nitrogen and oxygen atoms in total. The Hall–Kier alpha value is -5.42. The van der Waals surface area contributed by atoms with E-state index in [1.807, 2.05) is 72.8 Å². The minimum Gasteiger partial charge on any atom is -0.476 e. The molecule has 1 saturated carbocycles. The number of aromatic nitrogens is 2. The lowest BCUT2D eigenvalue weighted by atomic mass is 9.95. The van der Waals surface area contributed by atoms with Gasteiger partial charge in [0.05, 0.1) is 13.2 Å². The molecule has 1 atom stereocenters. The van der Waals surface area contributed by atoms with Crippen LogP contribution in [0, 0.1) is 25.2 Å². The number of nitrogens with zero attached hydrogens (tertiary/aromatic N) is 2. The summed E-state index contributed by atoms with van der Waals surface area (Å²) < 4.78 is 6.84. The van der Waals surface area contributed by atoms with Gasteiger partial charge in [-0.2, -0.15) is 5.10 Å². The fraction of sp³-hybridized carbons (Fsp3) is 0.316.